The minimum atomic E-state index is 0. The van der Waals surface area contributed by atoms with Crippen molar-refractivity contribution >= 4 is 0 Å². The molecule has 2 unspecified atom stereocenters. The molecule has 28 heavy (non-hydrogen) atoms. The minimum Gasteiger partial charge on any atom is -0.0847 e. The van der Waals surface area contributed by atoms with Gasteiger partial charge in [-0.25, -0.2) is 0 Å². The standard InChI is InChI=1S/C13H22.C9H18.C3H8.3CH4/c1-9(2)7-10-5-6-11-8-12(10)13(11,3)4;1-8(2)9-6-4-3-5-7-9;1-3-2;;;/h5,9,11-12H,6-8H2,1-4H3;8-9H,3-7H2,1-2H3;3H2,1-2H3;3*1H4. The average molecular weight is 397 g/mol. The third-order valence-electron chi connectivity index (χ3n) is 6.82. The van der Waals surface area contributed by atoms with Crippen LogP contribution in [0, 0.1) is 35.0 Å². The highest BCUT2D eigenvalue weighted by atomic mass is 14.5. The highest BCUT2D eigenvalue weighted by Crippen LogP contribution is 2.60. The zero-order valence-corrected chi connectivity index (χ0v) is 18.8. The first-order chi connectivity index (χ1) is 11.7. The molecule has 0 amide bonds. The summed E-state index contributed by atoms with van der Waals surface area (Å²) in [6.45, 7) is 18.5. The van der Waals surface area contributed by atoms with E-state index in [9.17, 15) is 0 Å². The van der Waals surface area contributed by atoms with Gasteiger partial charge < -0.3 is 0 Å². The SMILES string of the molecule is C.C.C.CC(C)C1CCCCC1.CC(C)CC1=CCC2CC1C2(C)C.CCC. The summed E-state index contributed by atoms with van der Waals surface area (Å²) in [6.07, 6.45) is 15.4. The molecule has 0 nitrogen and oxygen atoms in total. The third kappa shape index (κ3) is 9.49. The van der Waals surface area contributed by atoms with Crippen molar-refractivity contribution in [3.05, 3.63) is 11.6 Å². The van der Waals surface area contributed by atoms with Crippen LogP contribution in [-0.2, 0) is 0 Å². The van der Waals surface area contributed by atoms with E-state index in [1.165, 1.54) is 57.8 Å². The highest BCUT2D eigenvalue weighted by Gasteiger charge is 2.50. The molecule has 0 radical (unpaired) electrons. The molecule has 4 aliphatic rings. The summed E-state index contributed by atoms with van der Waals surface area (Å²) in [5.41, 5.74) is 2.39. The van der Waals surface area contributed by atoms with Gasteiger partial charge in [0.05, 0.1) is 0 Å². The summed E-state index contributed by atoms with van der Waals surface area (Å²) in [5, 5.41) is 0. The van der Waals surface area contributed by atoms with E-state index in [1.54, 1.807) is 5.57 Å². The molecule has 0 aromatic rings. The van der Waals surface area contributed by atoms with Crippen LogP contribution in [0.1, 0.15) is 135 Å². The number of allylic oxidation sites excluding steroid dienone is 2. The van der Waals surface area contributed by atoms with E-state index in [0.29, 0.717) is 5.41 Å². The lowest BCUT2D eigenvalue weighted by atomic mass is 9.48. The number of rotatable bonds is 3. The molecule has 4 rings (SSSR count). The van der Waals surface area contributed by atoms with Crippen LogP contribution in [0.4, 0.5) is 0 Å². The number of fused-ring (bicyclic) bond motifs is 1. The Hall–Kier alpha value is -0.260. The first-order valence-electron chi connectivity index (χ1n) is 11.4. The number of hydrogen-bond donors (Lipinski definition) is 0. The smallest absolute Gasteiger partial charge is 0.0146 e. The normalized spacial score (nSPS) is 24.6. The highest BCUT2D eigenvalue weighted by molar-refractivity contribution is 5.23. The van der Waals surface area contributed by atoms with Gasteiger partial charge in [-0.2, -0.15) is 0 Å². The van der Waals surface area contributed by atoms with Crippen LogP contribution in [0.2, 0.25) is 0 Å². The Morgan fingerprint density at radius 3 is 1.75 bits per heavy atom. The van der Waals surface area contributed by atoms with Crippen LogP contribution >= 0.6 is 0 Å². The van der Waals surface area contributed by atoms with Crippen molar-refractivity contribution in [1.82, 2.24) is 0 Å². The molecule has 0 aromatic heterocycles. The summed E-state index contributed by atoms with van der Waals surface area (Å²) in [5.74, 6) is 4.74. The van der Waals surface area contributed by atoms with E-state index in [0.717, 1.165) is 29.6 Å². The monoisotopic (exact) mass is 396 g/mol. The fraction of sp³-hybridized carbons (Fsp3) is 0.929. The maximum absolute atomic E-state index is 2.53. The molecule has 4 aliphatic carbocycles. The van der Waals surface area contributed by atoms with Crippen LogP contribution in [0.25, 0.3) is 0 Å². The molecule has 0 spiro atoms. The van der Waals surface area contributed by atoms with Gasteiger partial charge in [0, 0.05) is 0 Å². The second-order valence-electron chi connectivity index (χ2n) is 10.3. The molecule has 0 aliphatic heterocycles. The molecule has 2 atom stereocenters. The fourth-order valence-corrected chi connectivity index (χ4v) is 4.98. The van der Waals surface area contributed by atoms with Crippen molar-refractivity contribution in [2.24, 2.45) is 35.0 Å². The Bertz CT molecular complexity index is 379. The quantitative estimate of drug-likeness (QED) is 0.416. The van der Waals surface area contributed by atoms with Crippen LogP contribution in [-0.4, -0.2) is 0 Å². The van der Waals surface area contributed by atoms with Crippen LogP contribution < -0.4 is 0 Å². The lowest BCUT2D eigenvalue weighted by Crippen LogP contribution is -2.48. The molecule has 0 saturated heterocycles. The summed E-state index contributed by atoms with van der Waals surface area (Å²) >= 11 is 0. The Morgan fingerprint density at radius 2 is 1.43 bits per heavy atom. The summed E-state index contributed by atoms with van der Waals surface area (Å²) < 4.78 is 0. The maximum atomic E-state index is 2.53. The van der Waals surface area contributed by atoms with Gasteiger partial charge in [0.2, 0.25) is 0 Å². The first kappa shape index (κ1) is 32.4. The fourth-order valence-electron chi connectivity index (χ4n) is 4.98. The van der Waals surface area contributed by atoms with E-state index < -0.39 is 0 Å². The van der Waals surface area contributed by atoms with Gasteiger partial charge in [0.1, 0.15) is 0 Å². The molecule has 0 aromatic carbocycles. The largest absolute Gasteiger partial charge is 0.0847 e. The van der Waals surface area contributed by atoms with Gasteiger partial charge in [-0.1, -0.05) is 128 Å². The average Bonchev–Trinajstić information content (AvgIpc) is 2.56. The van der Waals surface area contributed by atoms with Gasteiger partial charge >= 0.3 is 0 Å². The Balaban J connectivity index is -0.000000372. The van der Waals surface area contributed by atoms with E-state index in [1.807, 2.05) is 0 Å². The predicted molar refractivity (Wildman–Crippen MR) is 135 cm³/mol. The minimum absolute atomic E-state index is 0. The Kier molecular flexibility index (Phi) is 18.0. The van der Waals surface area contributed by atoms with Gasteiger partial charge in [-0.3, -0.25) is 0 Å². The number of hydrogen-bond acceptors (Lipinski definition) is 0. The Morgan fingerprint density at radius 1 is 0.929 bits per heavy atom. The van der Waals surface area contributed by atoms with E-state index in [4.69, 9.17) is 0 Å². The van der Waals surface area contributed by atoms with Crippen molar-refractivity contribution in [1.29, 1.82) is 0 Å². The van der Waals surface area contributed by atoms with Crippen LogP contribution in [0.15, 0.2) is 11.6 Å². The van der Waals surface area contributed by atoms with E-state index >= 15 is 0 Å². The second-order valence-corrected chi connectivity index (χ2v) is 10.3. The molecule has 0 N–H and O–H groups in total. The molecule has 2 saturated carbocycles. The molecule has 172 valence electrons. The Labute approximate surface area is 182 Å². The lowest BCUT2D eigenvalue weighted by Gasteiger charge is -2.56. The van der Waals surface area contributed by atoms with Crippen molar-refractivity contribution in [3.8, 4) is 0 Å². The van der Waals surface area contributed by atoms with Gasteiger partial charge in [-0.15, -0.1) is 0 Å². The molecule has 0 heteroatoms. The molecular formula is C28H60. The van der Waals surface area contributed by atoms with Crippen LogP contribution in [0.5, 0.6) is 0 Å². The third-order valence-corrected chi connectivity index (χ3v) is 6.82. The van der Waals surface area contributed by atoms with Crippen molar-refractivity contribution < 1.29 is 0 Å². The summed E-state index contributed by atoms with van der Waals surface area (Å²) in [7, 11) is 0. The topological polar surface area (TPSA) is 0 Å². The predicted octanol–water partition coefficient (Wildman–Crippen LogP) is 10.6. The summed E-state index contributed by atoms with van der Waals surface area (Å²) in [6, 6.07) is 0. The van der Waals surface area contributed by atoms with Gasteiger partial charge in [0.25, 0.3) is 0 Å². The summed E-state index contributed by atoms with van der Waals surface area (Å²) in [4.78, 5) is 0. The molecule has 0 heterocycles. The molecular weight excluding hydrogens is 336 g/mol. The van der Waals surface area contributed by atoms with Gasteiger partial charge in [-0.05, 0) is 54.3 Å². The van der Waals surface area contributed by atoms with Crippen molar-refractivity contribution in [2.75, 3.05) is 0 Å². The molecule has 2 bridgehead atoms. The zero-order valence-electron chi connectivity index (χ0n) is 18.8. The van der Waals surface area contributed by atoms with Gasteiger partial charge in [0.15, 0.2) is 0 Å². The first-order valence-corrected chi connectivity index (χ1v) is 11.4. The van der Waals surface area contributed by atoms with E-state index in [-0.39, 0.29) is 22.3 Å². The van der Waals surface area contributed by atoms with Crippen molar-refractivity contribution in [2.45, 2.75) is 135 Å². The second kappa shape index (κ2) is 15.6. The molecule has 2 fully saturated rings. The van der Waals surface area contributed by atoms with Crippen molar-refractivity contribution in [3.63, 3.8) is 0 Å². The van der Waals surface area contributed by atoms with E-state index in [2.05, 4.69) is 61.5 Å². The zero-order chi connectivity index (χ0) is 19.0. The lowest BCUT2D eigenvalue weighted by molar-refractivity contribution is -0.00919. The maximum Gasteiger partial charge on any atom is -0.0146 e. The van der Waals surface area contributed by atoms with Crippen LogP contribution in [0.3, 0.4) is 0 Å².